The maximum absolute atomic E-state index is 14.2. The van der Waals surface area contributed by atoms with Crippen molar-refractivity contribution >= 4 is 17.9 Å². The Hall–Kier alpha value is -2.23. The Morgan fingerprint density at radius 3 is 2.44 bits per heavy atom. The molecule has 0 aromatic rings. The lowest BCUT2D eigenvalue weighted by molar-refractivity contribution is -0.337. The molecule has 0 radical (unpaired) electrons. The van der Waals surface area contributed by atoms with Gasteiger partial charge in [0.05, 0.1) is 30.3 Å². The van der Waals surface area contributed by atoms with E-state index in [4.69, 9.17) is 14.2 Å². The quantitative estimate of drug-likeness (QED) is 0.263. The summed E-state index contributed by atoms with van der Waals surface area (Å²) in [5, 5.41) is 36.7. The molecule has 228 valence electrons. The van der Waals surface area contributed by atoms with Crippen LogP contribution in [-0.4, -0.2) is 70.9 Å². The molecule has 0 bridgehead atoms. The topological polar surface area (TPSA) is 140 Å². The first kappa shape index (κ1) is 30.2. The Bertz CT molecular complexity index is 1190. The van der Waals surface area contributed by atoms with E-state index in [0.29, 0.717) is 25.7 Å². The number of allylic oxidation sites excluding steroid dienone is 1. The van der Waals surface area contributed by atoms with Crippen molar-refractivity contribution in [1.29, 1.82) is 0 Å². The molecule has 4 saturated carbocycles. The molecule has 5 rings (SSSR count). The van der Waals surface area contributed by atoms with Crippen molar-refractivity contribution in [2.45, 2.75) is 103 Å². The molecule has 0 aromatic heterocycles. The molecule has 41 heavy (non-hydrogen) atoms. The van der Waals surface area contributed by atoms with Crippen molar-refractivity contribution in [2.75, 3.05) is 13.7 Å². The van der Waals surface area contributed by atoms with Crippen LogP contribution in [0.1, 0.15) is 79.6 Å². The summed E-state index contributed by atoms with van der Waals surface area (Å²) in [6, 6.07) is 0. The molecule has 0 aromatic carbocycles. The molecule has 9 nitrogen and oxygen atoms in total. The van der Waals surface area contributed by atoms with E-state index >= 15 is 0 Å². The van der Waals surface area contributed by atoms with Gasteiger partial charge in [-0.25, -0.2) is 4.79 Å². The van der Waals surface area contributed by atoms with E-state index in [2.05, 4.69) is 6.58 Å². The SMILES string of the molecule is C=C1CC[C@]2(C)CC[C@]3(C)[C@H]4[C@H](O)[C@H](OC(C)=O)[C@@]5([C@@H](C)O)COC(=O)C=C[C@H]5[C@]4(C)CC[C@@]3(C(=O)OC)[C@]2(O)C1. The third-order valence-corrected chi connectivity index (χ3v) is 12.8. The molecule has 9 heteroatoms. The summed E-state index contributed by atoms with van der Waals surface area (Å²) in [6.07, 6.45) is 2.88. The second-order valence-electron chi connectivity index (χ2n) is 14.4. The zero-order valence-electron chi connectivity index (χ0n) is 25.2. The van der Waals surface area contributed by atoms with Crippen LogP contribution in [0.3, 0.4) is 0 Å². The second kappa shape index (κ2) is 9.38. The van der Waals surface area contributed by atoms with Crippen LogP contribution in [0.5, 0.6) is 0 Å². The number of hydrogen-bond donors (Lipinski definition) is 3. The van der Waals surface area contributed by atoms with Crippen LogP contribution in [-0.2, 0) is 28.6 Å². The van der Waals surface area contributed by atoms with E-state index in [1.807, 2.05) is 20.8 Å². The molecule has 1 heterocycles. The molecule has 11 atom stereocenters. The standard InChI is InChI=1S/C32H46O9/c1-18-10-11-27(4)12-14-29(6)24-23(36)25(41-20(3)34)30(19(2)33)17-40-22(35)9-8-21(30)28(24,5)13-15-31(29,26(37)39-7)32(27,38)16-18/h8-9,19,21,23-25,33,36,38H,1,10-17H2,2-7H3/t19-,21+,23+,24+,25+,27-,28+,29-,30-,31+,32+/m1/s1. The van der Waals surface area contributed by atoms with Gasteiger partial charge in [0.25, 0.3) is 0 Å². The number of carbonyl (C=O) groups excluding carboxylic acids is 3. The number of carbonyl (C=O) groups is 3. The van der Waals surface area contributed by atoms with Crippen LogP contribution >= 0.6 is 0 Å². The molecular formula is C32H46O9. The first-order valence-corrected chi connectivity index (χ1v) is 14.9. The fraction of sp³-hybridized carbons (Fsp3) is 0.781. The molecule has 3 N–H and O–H groups in total. The van der Waals surface area contributed by atoms with Crippen molar-refractivity contribution in [3.8, 4) is 0 Å². The number of esters is 3. The van der Waals surface area contributed by atoms with Crippen LogP contribution in [0.2, 0.25) is 0 Å². The van der Waals surface area contributed by atoms with Gasteiger partial charge in [-0.1, -0.05) is 39.0 Å². The summed E-state index contributed by atoms with van der Waals surface area (Å²) in [5.41, 5.74) is -5.68. The molecular weight excluding hydrogens is 528 g/mol. The van der Waals surface area contributed by atoms with Crippen LogP contribution in [0.15, 0.2) is 24.3 Å². The number of cyclic esters (lactones) is 1. The summed E-state index contributed by atoms with van der Waals surface area (Å²) < 4.78 is 16.9. The van der Waals surface area contributed by atoms with Crippen molar-refractivity contribution < 1.29 is 43.9 Å². The summed E-state index contributed by atoms with van der Waals surface area (Å²) in [5.74, 6) is -2.97. The molecule has 0 spiro atoms. The highest BCUT2D eigenvalue weighted by molar-refractivity contribution is 5.83. The third-order valence-electron chi connectivity index (χ3n) is 12.8. The lowest BCUT2D eigenvalue weighted by Gasteiger charge is -2.75. The van der Waals surface area contributed by atoms with Gasteiger partial charge in [0.2, 0.25) is 0 Å². The van der Waals surface area contributed by atoms with Gasteiger partial charge >= 0.3 is 17.9 Å². The third kappa shape index (κ3) is 3.54. The van der Waals surface area contributed by atoms with Crippen LogP contribution < -0.4 is 0 Å². The normalized spacial score (nSPS) is 49.7. The van der Waals surface area contributed by atoms with Crippen molar-refractivity contribution in [3.63, 3.8) is 0 Å². The highest BCUT2D eigenvalue weighted by Gasteiger charge is 2.82. The highest BCUT2D eigenvalue weighted by Crippen LogP contribution is 2.78. The van der Waals surface area contributed by atoms with Crippen molar-refractivity contribution in [2.24, 2.45) is 38.9 Å². The number of hydrogen-bond acceptors (Lipinski definition) is 9. The van der Waals surface area contributed by atoms with E-state index in [9.17, 15) is 29.7 Å². The minimum Gasteiger partial charge on any atom is -0.468 e. The largest absolute Gasteiger partial charge is 0.468 e. The number of fused-ring (bicyclic) bond motifs is 7. The maximum Gasteiger partial charge on any atom is 0.330 e. The average molecular weight is 575 g/mol. The van der Waals surface area contributed by atoms with Crippen LogP contribution in [0, 0.1) is 38.9 Å². The first-order valence-electron chi connectivity index (χ1n) is 14.9. The smallest absolute Gasteiger partial charge is 0.330 e. The van der Waals surface area contributed by atoms with Gasteiger partial charge in [-0.3, -0.25) is 9.59 Å². The number of rotatable bonds is 3. The number of ether oxygens (including phenoxy) is 3. The minimum atomic E-state index is -1.48. The Kier molecular flexibility index (Phi) is 6.92. The zero-order chi connectivity index (χ0) is 30.4. The van der Waals surface area contributed by atoms with E-state index in [0.717, 1.165) is 12.0 Å². The predicted octanol–water partition coefficient (Wildman–Crippen LogP) is 3.24. The Labute approximate surface area is 242 Å². The van der Waals surface area contributed by atoms with Gasteiger partial charge < -0.3 is 29.5 Å². The number of methoxy groups -OCH3 is 1. The molecule has 0 saturated heterocycles. The fourth-order valence-electron chi connectivity index (χ4n) is 10.8. The Morgan fingerprint density at radius 1 is 1.15 bits per heavy atom. The zero-order valence-corrected chi connectivity index (χ0v) is 25.2. The van der Waals surface area contributed by atoms with Gasteiger partial charge in [0, 0.05) is 18.9 Å². The van der Waals surface area contributed by atoms with Gasteiger partial charge in [0.1, 0.15) is 18.1 Å². The highest BCUT2D eigenvalue weighted by atomic mass is 16.6. The number of aliphatic hydroxyl groups excluding tert-OH is 2. The van der Waals surface area contributed by atoms with Gasteiger partial charge in [-0.15, -0.1) is 0 Å². The monoisotopic (exact) mass is 574 g/mol. The molecule has 5 aliphatic rings. The van der Waals surface area contributed by atoms with E-state index in [1.54, 1.807) is 13.0 Å². The molecule has 4 fully saturated rings. The Morgan fingerprint density at radius 2 is 1.83 bits per heavy atom. The first-order chi connectivity index (χ1) is 19.0. The van der Waals surface area contributed by atoms with E-state index in [-0.39, 0.29) is 19.4 Å². The molecule has 4 aliphatic carbocycles. The van der Waals surface area contributed by atoms with E-state index < -0.39 is 80.7 Å². The lowest BCUT2D eigenvalue weighted by atomic mass is 9.29. The van der Waals surface area contributed by atoms with Gasteiger partial charge in [0.15, 0.2) is 0 Å². The maximum atomic E-state index is 14.2. The molecule has 0 amide bonds. The van der Waals surface area contributed by atoms with Crippen LogP contribution in [0.25, 0.3) is 0 Å². The van der Waals surface area contributed by atoms with Gasteiger partial charge in [-0.2, -0.15) is 0 Å². The van der Waals surface area contributed by atoms with Crippen LogP contribution in [0.4, 0.5) is 0 Å². The number of aliphatic hydroxyl groups is 3. The Balaban J connectivity index is 1.79. The molecule has 0 unspecified atom stereocenters. The molecule has 1 aliphatic heterocycles. The van der Waals surface area contributed by atoms with Crippen molar-refractivity contribution in [1.82, 2.24) is 0 Å². The summed E-state index contributed by atoms with van der Waals surface area (Å²) in [4.78, 5) is 39.3. The van der Waals surface area contributed by atoms with E-state index in [1.165, 1.54) is 20.1 Å². The second-order valence-corrected chi connectivity index (χ2v) is 14.4. The van der Waals surface area contributed by atoms with Crippen molar-refractivity contribution in [3.05, 3.63) is 24.3 Å². The summed E-state index contributed by atoms with van der Waals surface area (Å²) >= 11 is 0. The summed E-state index contributed by atoms with van der Waals surface area (Å²) in [7, 11) is 1.34. The van der Waals surface area contributed by atoms with Gasteiger partial charge in [-0.05, 0) is 74.0 Å². The minimum absolute atomic E-state index is 0.251. The summed E-state index contributed by atoms with van der Waals surface area (Å²) in [6.45, 7) is 12.8. The fourth-order valence-corrected chi connectivity index (χ4v) is 10.8. The predicted molar refractivity (Wildman–Crippen MR) is 148 cm³/mol. The average Bonchev–Trinajstić information content (AvgIpc) is 3.07. The lowest BCUT2D eigenvalue weighted by Crippen LogP contribution is -2.80.